The molecule has 6 nitrogen and oxygen atoms in total. The Kier molecular flexibility index (Phi) is 9.41. The topological polar surface area (TPSA) is 73.5 Å². The number of benzene rings is 8. The minimum atomic E-state index is -5.82. The Bertz CT molecular complexity index is 3160. The summed E-state index contributed by atoms with van der Waals surface area (Å²) in [6.45, 7) is 0. The fourth-order valence-electron chi connectivity index (χ4n) is 7.65. The third-order valence-corrected chi connectivity index (χ3v) is 11.2. The summed E-state index contributed by atoms with van der Waals surface area (Å²) in [6.07, 6.45) is 0. The van der Waals surface area contributed by atoms with Gasteiger partial charge in [0, 0.05) is 44.0 Å². The summed E-state index contributed by atoms with van der Waals surface area (Å²) < 4.78 is 71.2. The van der Waals surface area contributed by atoms with E-state index in [1.807, 2.05) is 89.5 Å². The first-order valence-corrected chi connectivity index (χ1v) is 20.1. The molecule has 0 saturated carbocycles. The number of rotatable bonds is 6. The molecule has 2 heterocycles. The first-order chi connectivity index (χ1) is 28.6. The molecule has 0 radical (unpaired) electrons. The Morgan fingerprint density at radius 2 is 0.797 bits per heavy atom. The van der Waals surface area contributed by atoms with Crippen LogP contribution < -0.4 is 4.18 Å². The number of para-hydroxylation sites is 4. The zero-order chi connectivity index (χ0) is 40.7. The molecule has 10 aromatic rings. The van der Waals surface area contributed by atoms with E-state index in [4.69, 9.17) is 0 Å². The molecule has 8 aromatic carbocycles. The average molecular weight is 803 g/mol. The highest BCUT2D eigenvalue weighted by molar-refractivity contribution is 7.88. The van der Waals surface area contributed by atoms with Gasteiger partial charge in [-0.25, -0.2) is 0 Å². The van der Waals surface area contributed by atoms with Crippen LogP contribution in [0.3, 0.4) is 0 Å². The van der Waals surface area contributed by atoms with Gasteiger partial charge in [-0.1, -0.05) is 133 Å². The lowest BCUT2D eigenvalue weighted by Crippen LogP contribution is -2.28. The Morgan fingerprint density at radius 3 is 1.22 bits per heavy atom. The predicted octanol–water partition coefficient (Wildman–Crippen LogP) is 12.8. The van der Waals surface area contributed by atoms with E-state index in [9.17, 15) is 26.7 Å². The Balaban J connectivity index is 0.000000156. The summed E-state index contributed by atoms with van der Waals surface area (Å²) in [6, 6.07) is 61.3. The van der Waals surface area contributed by atoms with Crippen LogP contribution in [-0.4, -0.2) is 28.2 Å². The second-order valence-corrected chi connectivity index (χ2v) is 15.4. The molecule has 0 unspecified atom stereocenters. The zero-order valence-electron chi connectivity index (χ0n) is 31.1. The number of aromatic nitrogens is 2. The quantitative estimate of drug-likeness (QED) is 0.134. The molecule has 0 aliphatic rings. The van der Waals surface area contributed by atoms with Crippen molar-refractivity contribution in [2.45, 2.75) is 5.51 Å². The Labute approximate surface area is 337 Å². The molecule has 290 valence electrons. The maximum atomic E-state index is 13.0. The zero-order valence-corrected chi connectivity index (χ0v) is 31.9. The lowest BCUT2D eigenvalue weighted by molar-refractivity contribution is -0.0499. The lowest BCUT2D eigenvalue weighted by atomic mass is 10.0. The van der Waals surface area contributed by atoms with Gasteiger partial charge in [-0.2, -0.15) is 21.6 Å². The van der Waals surface area contributed by atoms with Crippen LogP contribution in [0.1, 0.15) is 0 Å². The Morgan fingerprint density at radius 1 is 0.441 bits per heavy atom. The van der Waals surface area contributed by atoms with E-state index >= 15 is 0 Å². The number of nitrogens with zero attached hydrogens (tertiary/aromatic N) is 2. The van der Waals surface area contributed by atoms with E-state index in [-0.39, 0.29) is 5.56 Å². The largest absolute Gasteiger partial charge is 0.534 e. The molecule has 0 atom stereocenters. The second-order valence-electron chi connectivity index (χ2n) is 13.8. The highest BCUT2D eigenvalue weighted by Crippen LogP contribution is 2.39. The van der Waals surface area contributed by atoms with Gasteiger partial charge >= 0.3 is 15.6 Å². The third kappa shape index (κ3) is 6.83. The molecule has 0 spiro atoms. The van der Waals surface area contributed by atoms with Crippen LogP contribution in [0, 0.1) is 0 Å². The lowest BCUT2D eigenvalue weighted by Gasteiger charge is -2.16. The fraction of sp³-hybridized carbons (Fsp3) is 0.0204. The molecular formula is C49H33F3N2O4S. The molecule has 1 N–H and O–H groups in total. The SMILES string of the molecule is O=S(=O)(Oc1ccc(-n2c3ccccc3c3ccccc32)cc1-c1ccccc1)C(F)(F)F.Oc1ccc(-n2c3ccccc3c3ccccc32)cc1-c1ccccc1. The number of phenols is 1. The number of halogens is 3. The van der Waals surface area contributed by atoms with Crippen LogP contribution in [0.4, 0.5) is 13.2 Å². The van der Waals surface area contributed by atoms with Crippen molar-refractivity contribution < 1.29 is 30.9 Å². The Hall–Kier alpha value is -7.30. The highest BCUT2D eigenvalue weighted by Gasteiger charge is 2.48. The van der Waals surface area contributed by atoms with Crippen LogP contribution in [0.2, 0.25) is 0 Å². The van der Waals surface area contributed by atoms with Crippen molar-refractivity contribution in [1.29, 1.82) is 0 Å². The minimum absolute atomic E-state index is 0.225. The van der Waals surface area contributed by atoms with Gasteiger partial charge in [-0.05, 0) is 71.8 Å². The van der Waals surface area contributed by atoms with Crippen molar-refractivity contribution in [3.05, 3.63) is 194 Å². The number of hydrogen-bond donors (Lipinski definition) is 1. The van der Waals surface area contributed by atoms with E-state index < -0.39 is 21.4 Å². The molecule has 2 aromatic heterocycles. The van der Waals surface area contributed by atoms with Gasteiger partial charge < -0.3 is 18.4 Å². The summed E-state index contributed by atoms with van der Waals surface area (Å²) in [7, 11) is -5.82. The molecule has 0 aliphatic heterocycles. The molecular weight excluding hydrogens is 770 g/mol. The first-order valence-electron chi connectivity index (χ1n) is 18.6. The van der Waals surface area contributed by atoms with Crippen molar-refractivity contribution >= 4 is 53.7 Å². The molecule has 10 heteroatoms. The molecule has 0 saturated heterocycles. The van der Waals surface area contributed by atoms with E-state index in [0.717, 1.165) is 38.6 Å². The molecule has 10 rings (SSSR count). The average Bonchev–Trinajstić information content (AvgIpc) is 3.78. The number of alkyl halides is 3. The van der Waals surface area contributed by atoms with Crippen molar-refractivity contribution in [3.8, 4) is 45.1 Å². The van der Waals surface area contributed by atoms with Gasteiger partial charge in [-0.3, -0.25) is 0 Å². The molecule has 0 bridgehead atoms. The highest BCUT2D eigenvalue weighted by atomic mass is 32.2. The van der Waals surface area contributed by atoms with Crippen LogP contribution >= 0.6 is 0 Å². The normalized spacial score (nSPS) is 11.8. The molecule has 0 fully saturated rings. The number of fused-ring (bicyclic) bond motifs is 6. The van der Waals surface area contributed by atoms with Crippen molar-refractivity contribution in [3.63, 3.8) is 0 Å². The van der Waals surface area contributed by atoms with Crippen LogP contribution in [-0.2, 0) is 10.1 Å². The van der Waals surface area contributed by atoms with E-state index in [1.54, 1.807) is 48.5 Å². The summed E-state index contributed by atoms with van der Waals surface area (Å²) in [5.41, 5.74) is 2.90. The molecule has 0 amide bonds. The van der Waals surface area contributed by atoms with Gasteiger partial charge in [0.1, 0.15) is 5.75 Å². The van der Waals surface area contributed by atoms with Crippen molar-refractivity contribution in [2.75, 3.05) is 0 Å². The van der Waals surface area contributed by atoms with Crippen molar-refractivity contribution in [1.82, 2.24) is 9.13 Å². The molecule has 0 aliphatic carbocycles. The van der Waals surface area contributed by atoms with Crippen LogP contribution in [0.25, 0.3) is 77.2 Å². The second kappa shape index (κ2) is 14.9. The number of hydrogen-bond acceptors (Lipinski definition) is 4. The smallest absolute Gasteiger partial charge is 0.507 e. The minimum Gasteiger partial charge on any atom is -0.507 e. The van der Waals surface area contributed by atoms with E-state index in [1.165, 1.54) is 27.9 Å². The predicted molar refractivity (Wildman–Crippen MR) is 230 cm³/mol. The molecule has 59 heavy (non-hydrogen) atoms. The summed E-state index contributed by atoms with van der Waals surface area (Å²) in [5, 5.41) is 14.9. The maximum Gasteiger partial charge on any atom is 0.534 e. The van der Waals surface area contributed by atoms with Gasteiger partial charge in [-0.15, -0.1) is 0 Å². The summed E-state index contributed by atoms with van der Waals surface area (Å²) in [4.78, 5) is 0. The summed E-state index contributed by atoms with van der Waals surface area (Å²) >= 11 is 0. The standard InChI is InChI=1S/C25H16F3NO3S.C24H17NO/c26-25(27,28)33(30,31)32-24-15-14-18(16-21(24)17-8-2-1-3-9-17)29-22-12-6-4-10-19(22)20-11-5-7-13-23(20)29;26-24-15-14-18(16-21(24)17-8-2-1-3-9-17)25-22-12-6-4-10-19(22)20-11-5-7-13-23(20)25/h1-16H;1-16,26H. The van der Waals surface area contributed by atoms with Gasteiger partial charge in [0.2, 0.25) is 0 Å². The monoisotopic (exact) mass is 802 g/mol. The van der Waals surface area contributed by atoms with Gasteiger partial charge in [0.25, 0.3) is 0 Å². The summed E-state index contributed by atoms with van der Waals surface area (Å²) in [5.74, 6) is -0.108. The number of aromatic hydroxyl groups is 1. The van der Waals surface area contributed by atoms with Crippen LogP contribution in [0.5, 0.6) is 11.5 Å². The van der Waals surface area contributed by atoms with E-state index in [2.05, 4.69) is 63.3 Å². The van der Waals surface area contributed by atoms with Crippen molar-refractivity contribution in [2.24, 2.45) is 0 Å². The maximum absolute atomic E-state index is 13.0. The third-order valence-electron chi connectivity index (χ3n) is 10.3. The van der Waals surface area contributed by atoms with E-state index in [0.29, 0.717) is 17.0 Å². The number of phenolic OH excluding ortho intramolecular Hbond substituents is 1. The first kappa shape index (κ1) is 37.3. The fourth-order valence-corrected chi connectivity index (χ4v) is 8.13. The van der Waals surface area contributed by atoms with Gasteiger partial charge in [0.05, 0.1) is 22.1 Å². The van der Waals surface area contributed by atoms with Gasteiger partial charge in [0.15, 0.2) is 5.75 Å². The van der Waals surface area contributed by atoms with Crippen LogP contribution in [0.15, 0.2) is 194 Å².